The summed E-state index contributed by atoms with van der Waals surface area (Å²) >= 11 is 12.4. The van der Waals surface area contributed by atoms with Crippen molar-refractivity contribution in [2.75, 3.05) is 23.7 Å². The number of halogens is 2. The van der Waals surface area contributed by atoms with E-state index >= 15 is 0 Å². The van der Waals surface area contributed by atoms with Crippen LogP contribution in [0, 0.1) is 5.92 Å². The number of hydrogen-bond acceptors (Lipinski definition) is 5. The van der Waals surface area contributed by atoms with Crippen molar-refractivity contribution < 1.29 is 22.8 Å². The molecule has 11 heteroatoms. The van der Waals surface area contributed by atoms with E-state index in [0.717, 1.165) is 16.1 Å². The molecule has 224 valence electrons. The smallest absolute Gasteiger partial charge is 0.244 e. The van der Waals surface area contributed by atoms with Crippen molar-refractivity contribution in [1.29, 1.82) is 0 Å². The molecule has 42 heavy (non-hydrogen) atoms. The van der Waals surface area contributed by atoms with E-state index in [1.165, 1.54) is 24.0 Å². The van der Waals surface area contributed by atoms with E-state index in [1.54, 1.807) is 30.3 Å². The van der Waals surface area contributed by atoms with Crippen LogP contribution >= 0.6 is 23.2 Å². The molecule has 0 heterocycles. The molecule has 0 aliphatic heterocycles. The molecule has 0 radical (unpaired) electrons. The highest BCUT2D eigenvalue weighted by Gasteiger charge is 2.33. The Morgan fingerprint density at radius 2 is 1.57 bits per heavy atom. The number of Topliss-reactive ketones (excluding diaryl/α,β-unsaturated/α-hetero) is 1. The number of ketones is 1. The van der Waals surface area contributed by atoms with Gasteiger partial charge in [-0.1, -0.05) is 85.6 Å². The number of hydrogen-bond donors (Lipinski definition) is 1. The van der Waals surface area contributed by atoms with E-state index in [4.69, 9.17) is 23.2 Å². The molecule has 0 fully saturated rings. The number of carbonyl (C=O) groups is 3. The van der Waals surface area contributed by atoms with Gasteiger partial charge in [0.05, 0.1) is 22.0 Å². The molecule has 0 bridgehead atoms. The van der Waals surface area contributed by atoms with Crippen LogP contribution < -0.4 is 9.62 Å². The van der Waals surface area contributed by atoms with Gasteiger partial charge in [0.1, 0.15) is 12.6 Å². The quantitative estimate of drug-likeness (QED) is 0.255. The number of sulfonamides is 1. The number of benzene rings is 3. The van der Waals surface area contributed by atoms with Crippen LogP contribution in [0.25, 0.3) is 0 Å². The largest absolute Gasteiger partial charge is 0.354 e. The first-order valence-corrected chi connectivity index (χ1v) is 16.0. The Morgan fingerprint density at radius 3 is 2.17 bits per heavy atom. The molecule has 2 amide bonds. The van der Waals surface area contributed by atoms with Crippen LogP contribution in [0.1, 0.15) is 42.3 Å². The van der Waals surface area contributed by atoms with Gasteiger partial charge in [0.2, 0.25) is 21.8 Å². The topological polar surface area (TPSA) is 104 Å². The molecule has 0 aromatic heterocycles. The van der Waals surface area contributed by atoms with Crippen molar-refractivity contribution in [3.63, 3.8) is 0 Å². The lowest BCUT2D eigenvalue weighted by Gasteiger charge is -2.33. The molecule has 8 nitrogen and oxygen atoms in total. The van der Waals surface area contributed by atoms with Crippen LogP contribution in [-0.4, -0.2) is 56.3 Å². The average Bonchev–Trinajstić information content (AvgIpc) is 2.94. The molecule has 3 rings (SSSR count). The number of nitrogens with zero attached hydrogens (tertiary/aromatic N) is 2. The SMILES string of the molecule is CC(=O)c1cccc(N(CC(=O)N(Cc2ccc(Cl)c(Cl)c2)[C@H](Cc2ccccc2)C(=O)NCC(C)C)S(C)(=O)=O)c1. The molecular formula is C31H35Cl2N3O5S. The lowest BCUT2D eigenvalue weighted by atomic mass is 10.0. The minimum absolute atomic E-state index is 0.0343. The minimum atomic E-state index is -3.97. The van der Waals surface area contributed by atoms with Gasteiger partial charge in [0.15, 0.2) is 5.78 Å². The maximum Gasteiger partial charge on any atom is 0.244 e. The van der Waals surface area contributed by atoms with Gasteiger partial charge in [0, 0.05) is 25.1 Å². The predicted molar refractivity (Wildman–Crippen MR) is 167 cm³/mol. The molecule has 3 aromatic rings. The highest BCUT2D eigenvalue weighted by atomic mass is 35.5. The van der Waals surface area contributed by atoms with Crippen molar-refractivity contribution in [2.24, 2.45) is 5.92 Å². The lowest BCUT2D eigenvalue weighted by Crippen LogP contribution is -2.53. The first kappa shape index (κ1) is 33.1. The first-order chi connectivity index (χ1) is 19.8. The van der Waals surface area contributed by atoms with Crippen LogP contribution in [0.3, 0.4) is 0 Å². The number of rotatable bonds is 13. The van der Waals surface area contributed by atoms with Crippen molar-refractivity contribution in [1.82, 2.24) is 10.2 Å². The average molecular weight is 633 g/mol. The standard InChI is InChI=1S/C31H35Cl2N3O5S/c1-21(2)18-34-31(39)29(16-23-9-6-5-7-10-23)35(19-24-13-14-27(32)28(33)15-24)30(38)20-36(42(4,40)41)26-12-8-11-25(17-26)22(3)37/h5-15,17,21,29H,16,18-20H2,1-4H3,(H,34,39)/t29-/m1/s1. The number of anilines is 1. The van der Waals surface area contributed by atoms with E-state index in [-0.39, 0.29) is 41.3 Å². The third-order valence-corrected chi connectivity index (χ3v) is 8.39. The molecule has 0 aliphatic rings. The fourth-order valence-corrected chi connectivity index (χ4v) is 5.47. The Balaban J connectivity index is 2.08. The third-order valence-electron chi connectivity index (χ3n) is 6.51. The monoisotopic (exact) mass is 631 g/mol. The van der Waals surface area contributed by atoms with Crippen LogP contribution in [0.4, 0.5) is 5.69 Å². The second-order valence-corrected chi connectivity index (χ2v) is 13.2. The Bertz CT molecular complexity index is 1530. The maximum absolute atomic E-state index is 14.1. The van der Waals surface area contributed by atoms with E-state index in [1.807, 2.05) is 44.2 Å². The molecule has 0 saturated heterocycles. The number of amides is 2. The van der Waals surface area contributed by atoms with Crippen molar-refractivity contribution >= 4 is 56.5 Å². The molecule has 1 N–H and O–H groups in total. The van der Waals surface area contributed by atoms with Gasteiger partial charge in [-0.25, -0.2) is 8.42 Å². The minimum Gasteiger partial charge on any atom is -0.354 e. The van der Waals surface area contributed by atoms with E-state index in [0.29, 0.717) is 22.7 Å². The van der Waals surface area contributed by atoms with Gasteiger partial charge in [-0.3, -0.25) is 18.7 Å². The Labute approximate surface area is 257 Å². The highest BCUT2D eigenvalue weighted by Crippen LogP contribution is 2.25. The fourth-order valence-electron chi connectivity index (χ4n) is 4.30. The summed E-state index contributed by atoms with van der Waals surface area (Å²) in [6.07, 6.45) is 1.18. The Morgan fingerprint density at radius 1 is 0.881 bits per heavy atom. The van der Waals surface area contributed by atoms with E-state index in [9.17, 15) is 22.8 Å². The summed E-state index contributed by atoms with van der Waals surface area (Å²) < 4.78 is 26.8. The van der Waals surface area contributed by atoms with Crippen LogP contribution in [0.2, 0.25) is 10.0 Å². The van der Waals surface area contributed by atoms with Gasteiger partial charge in [-0.05, 0) is 48.2 Å². The predicted octanol–water partition coefficient (Wildman–Crippen LogP) is 5.37. The molecule has 0 aliphatic carbocycles. The molecule has 3 aromatic carbocycles. The Kier molecular flexibility index (Phi) is 11.6. The summed E-state index contributed by atoms with van der Waals surface area (Å²) in [5.41, 5.74) is 1.90. The molecular weight excluding hydrogens is 597 g/mol. The normalized spacial score (nSPS) is 12.1. The fraction of sp³-hybridized carbons (Fsp3) is 0.323. The third kappa shape index (κ3) is 9.31. The van der Waals surface area contributed by atoms with Crippen LogP contribution in [0.5, 0.6) is 0 Å². The van der Waals surface area contributed by atoms with Crippen molar-refractivity contribution in [2.45, 2.75) is 39.8 Å². The molecule has 1 atom stereocenters. The van der Waals surface area contributed by atoms with Gasteiger partial charge in [-0.2, -0.15) is 0 Å². The van der Waals surface area contributed by atoms with Gasteiger partial charge in [-0.15, -0.1) is 0 Å². The number of nitrogens with one attached hydrogen (secondary N) is 1. The second kappa shape index (κ2) is 14.7. The molecule has 0 saturated carbocycles. The zero-order valence-corrected chi connectivity index (χ0v) is 26.3. The zero-order valence-electron chi connectivity index (χ0n) is 24.0. The number of carbonyl (C=O) groups excluding carboxylic acids is 3. The summed E-state index contributed by atoms with van der Waals surface area (Å²) in [5, 5.41) is 3.55. The van der Waals surface area contributed by atoms with Gasteiger partial charge < -0.3 is 10.2 Å². The van der Waals surface area contributed by atoms with Crippen molar-refractivity contribution in [3.05, 3.63) is 99.5 Å². The Hall–Kier alpha value is -3.40. The van der Waals surface area contributed by atoms with Crippen molar-refractivity contribution in [3.8, 4) is 0 Å². The summed E-state index contributed by atoms with van der Waals surface area (Å²) in [6.45, 7) is 5.07. The van der Waals surface area contributed by atoms with Gasteiger partial charge >= 0.3 is 0 Å². The van der Waals surface area contributed by atoms with Crippen LogP contribution in [-0.2, 0) is 32.6 Å². The molecule has 0 spiro atoms. The second-order valence-electron chi connectivity index (χ2n) is 10.5. The summed E-state index contributed by atoms with van der Waals surface area (Å²) in [6, 6.07) is 19.3. The zero-order chi connectivity index (χ0) is 31.0. The van der Waals surface area contributed by atoms with Gasteiger partial charge in [0.25, 0.3) is 0 Å². The van der Waals surface area contributed by atoms with Crippen LogP contribution in [0.15, 0.2) is 72.8 Å². The van der Waals surface area contributed by atoms with E-state index < -0.39 is 28.5 Å². The first-order valence-electron chi connectivity index (χ1n) is 13.4. The highest BCUT2D eigenvalue weighted by molar-refractivity contribution is 7.92. The lowest BCUT2D eigenvalue weighted by molar-refractivity contribution is -0.140. The maximum atomic E-state index is 14.1. The van der Waals surface area contributed by atoms with E-state index in [2.05, 4.69) is 5.32 Å². The summed E-state index contributed by atoms with van der Waals surface area (Å²) in [5.74, 6) is -1.06. The molecule has 0 unspecified atom stereocenters. The summed E-state index contributed by atoms with van der Waals surface area (Å²) in [4.78, 5) is 41.2. The summed E-state index contributed by atoms with van der Waals surface area (Å²) in [7, 11) is -3.97.